The van der Waals surface area contributed by atoms with Crippen molar-refractivity contribution in [2.45, 2.75) is 46.5 Å². The first kappa shape index (κ1) is 13.2. The summed E-state index contributed by atoms with van der Waals surface area (Å²) in [6.07, 6.45) is 4.87. The van der Waals surface area contributed by atoms with Crippen LogP contribution in [0.2, 0.25) is 0 Å². The molecule has 0 atom stereocenters. The van der Waals surface area contributed by atoms with Crippen molar-refractivity contribution < 1.29 is 0 Å². The summed E-state index contributed by atoms with van der Waals surface area (Å²) in [5.41, 5.74) is 4.75. The molecule has 0 bridgehead atoms. The first-order valence-electron chi connectivity index (χ1n) is 6.35. The summed E-state index contributed by atoms with van der Waals surface area (Å²) in [6, 6.07) is 0. The second kappa shape index (κ2) is 4.81. The van der Waals surface area contributed by atoms with Crippen molar-refractivity contribution in [2.24, 2.45) is 5.41 Å². The Bertz CT molecular complexity index is 438. The number of hydrogen-bond acceptors (Lipinski definition) is 2. The molecule has 94 valence electrons. The van der Waals surface area contributed by atoms with Gasteiger partial charge in [-0.25, -0.2) is 0 Å². The van der Waals surface area contributed by atoms with E-state index in [1.807, 2.05) is 11.3 Å². The van der Waals surface area contributed by atoms with Crippen molar-refractivity contribution >= 4 is 29.5 Å². The lowest BCUT2D eigenvalue weighted by atomic mass is 9.75. The number of hydrogen-bond donors (Lipinski definition) is 1. The van der Waals surface area contributed by atoms with Gasteiger partial charge in [0.1, 0.15) is 0 Å². The summed E-state index contributed by atoms with van der Waals surface area (Å²) in [7, 11) is 0. The Morgan fingerprint density at radius 1 is 1.47 bits per heavy atom. The van der Waals surface area contributed by atoms with Gasteiger partial charge in [-0.3, -0.25) is 0 Å². The standard InChI is InChI=1S/C15H22S2/c1-10(2)14-11-9-15(3,4)7-5-12(11)17-13(14)6-8-16/h16H,1,5-9H2,2-4H3. The van der Waals surface area contributed by atoms with E-state index in [1.165, 1.54) is 35.3 Å². The molecule has 1 heterocycles. The molecule has 0 saturated heterocycles. The molecule has 2 heteroatoms. The average molecular weight is 266 g/mol. The van der Waals surface area contributed by atoms with Crippen molar-refractivity contribution in [3.63, 3.8) is 0 Å². The fourth-order valence-electron chi connectivity index (χ4n) is 2.75. The average Bonchev–Trinajstić information content (AvgIpc) is 2.54. The predicted octanol–water partition coefficient (Wildman–Crippen LogP) is 4.77. The summed E-state index contributed by atoms with van der Waals surface area (Å²) in [4.78, 5) is 3.12. The van der Waals surface area contributed by atoms with Gasteiger partial charge in [-0.15, -0.1) is 11.3 Å². The van der Waals surface area contributed by atoms with Gasteiger partial charge in [0.25, 0.3) is 0 Å². The number of allylic oxidation sites excluding steroid dienone is 1. The molecule has 0 N–H and O–H groups in total. The minimum atomic E-state index is 0.455. The largest absolute Gasteiger partial charge is 0.179 e. The van der Waals surface area contributed by atoms with Crippen LogP contribution in [0.15, 0.2) is 6.58 Å². The number of thiophene rings is 1. The van der Waals surface area contributed by atoms with Gasteiger partial charge in [-0.1, -0.05) is 20.4 Å². The fourth-order valence-corrected chi connectivity index (χ4v) is 4.53. The Morgan fingerprint density at radius 2 is 2.18 bits per heavy atom. The van der Waals surface area contributed by atoms with Crippen LogP contribution in [-0.4, -0.2) is 5.75 Å². The van der Waals surface area contributed by atoms with Crippen molar-refractivity contribution in [1.82, 2.24) is 0 Å². The zero-order valence-electron chi connectivity index (χ0n) is 11.1. The summed E-state index contributed by atoms with van der Waals surface area (Å²) in [6.45, 7) is 11.1. The Labute approximate surface area is 115 Å². The lowest BCUT2D eigenvalue weighted by Gasteiger charge is -2.30. The molecular formula is C15H22S2. The molecule has 0 saturated carbocycles. The Morgan fingerprint density at radius 3 is 2.76 bits per heavy atom. The lowest BCUT2D eigenvalue weighted by molar-refractivity contribution is 0.317. The highest BCUT2D eigenvalue weighted by Gasteiger charge is 2.30. The second-order valence-corrected chi connectivity index (χ2v) is 7.53. The normalized spacial score (nSPS) is 17.9. The molecule has 1 aliphatic rings. The van der Waals surface area contributed by atoms with E-state index in [4.69, 9.17) is 0 Å². The molecule has 1 aromatic rings. The van der Waals surface area contributed by atoms with E-state index >= 15 is 0 Å². The molecule has 1 aromatic heterocycles. The zero-order valence-corrected chi connectivity index (χ0v) is 12.8. The van der Waals surface area contributed by atoms with Crippen LogP contribution in [0.25, 0.3) is 5.57 Å². The van der Waals surface area contributed by atoms with Crippen LogP contribution in [0, 0.1) is 5.41 Å². The maximum Gasteiger partial charge on any atom is 0.0134 e. The third-order valence-electron chi connectivity index (χ3n) is 3.61. The van der Waals surface area contributed by atoms with E-state index in [1.54, 1.807) is 10.4 Å². The molecule has 2 rings (SSSR count). The van der Waals surface area contributed by atoms with Crippen molar-refractivity contribution in [2.75, 3.05) is 5.75 Å². The van der Waals surface area contributed by atoms with E-state index < -0.39 is 0 Å². The Balaban J connectivity index is 2.47. The third-order valence-corrected chi connectivity index (χ3v) is 5.19. The number of thiol groups is 1. The van der Waals surface area contributed by atoms with Gasteiger partial charge in [0.05, 0.1) is 0 Å². The molecule has 0 fully saturated rings. The van der Waals surface area contributed by atoms with Gasteiger partial charge in [0.15, 0.2) is 0 Å². The third kappa shape index (κ3) is 2.63. The van der Waals surface area contributed by atoms with Crippen molar-refractivity contribution in [1.29, 1.82) is 0 Å². The van der Waals surface area contributed by atoms with Gasteiger partial charge in [0.2, 0.25) is 0 Å². The first-order valence-corrected chi connectivity index (χ1v) is 7.79. The SMILES string of the molecule is C=C(C)c1c(CCS)sc2c1CC(C)(C)CC2. The number of rotatable bonds is 3. The van der Waals surface area contributed by atoms with E-state index in [-0.39, 0.29) is 0 Å². The van der Waals surface area contributed by atoms with Gasteiger partial charge in [0, 0.05) is 9.75 Å². The zero-order chi connectivity index (χ0) is 12.6. The van der Waals surface area contributed by atoms with Crippen LogP contribution < -0.4 is 0 Å². The molecule has 0 nitrogen and oxygen atoms in total. The molecule has 0 amide bonds. The van der Waals surface area contributed by atoms with Crippen LogP contribution in [0.5, 0.6) is 0 Å². The minimum absolute atomic E-state index is 0.455. The van der Waals surface area contributed by atoms with Gasteiger partial charge in [-0.2, -0.15) is 12.6 Å². The molecule has 0 aliphatic heterocycles. The van der Waals surface area contributed by atoms with E-state index in [2.05, 4.69) is 40.0 Å². The molecular weight excluding hydrogens is 244 g/mol. The maximum atomic E-state index is 4.38. The number of fused-ring (bicyclic) bond motifs is 1. The summed E-state index contributed by atoms with van der Waals surface area (Å²) < 4.78 is 0. The molecule has 0 spiro atoms. The van der Waals surface area contributed by atoms with Crippen LogP contribution >= 0.6 is 24.0 Å². The summed E-state index contributed by atoms with van der Waals surface area (Å²) in [5.74, 6) is 0.934. The smallest absolute Gasteiger partial charge is 0.0134 e. The summed E-state index contributed by atoms with van der Waals surface area (Å²) >= 11 is 6.38. The summed E-state index contributed by atoms with van der Waals surface area (Å²) in [5, 5.41) is 0. The molecule has 0 radical (unpaired) electrons. The number of aryl methyl sites for hydroxylation is 2. The van der Waals surface area contributed by atoms with Crippen LogP contribution in [0.3, 0.4) is 0 Å². The van der Waals surface area contributed by atoms with Crippen LogP contribution in [0.1, 0.15) is 48.1 Å². The van der Waals surface area contributed by atoms with Crippen molar-refractivity contribution in [3.8, 4) is 0 Å². The van der Waals surface area contributed by atoms with Crippen LogP contribution in [-0.2, 0) is 19.3 Å². The molecule has 0 unspecified atom stereocenters. The topological polar surface area (TPSA) is 0 Å². The Kier molecular flexibility index (Phi) is 3.74. The van der Waals surface area contributed by atoms with Gasteiger partial charge in [-0.05, 0) is 60.5 Å². The van der Waals surface area contributed by atoms with E-state index in [0.29, 0.717) is 5.41 Å². The fraction of sp³-hybridized carbons (Fsp3) is 0.600. The van der Waals surface area contributed by atoms with E-state index in [9.17, 15) is 0 Å². The lowest BCUT2D eigenvalue weighted by Crippen LogP contribution is -2.21. The highest BCUT2D eigenvalue weighted by atomic mass is 32.1. The highest BCUT2D eigenvalue weighted by Crippen LogP contribution is 2.43. The monoisotopic (exact) mass is 266 g/mol. The Hall–Kier alpha value is -0.210. The second-order valence-electron chi connectivity index (χ2n) is 5.90. The van der Waals surface area contributed by atoms with Crippen LogP contribution in [0.4, 0.5) is 0 Å². The molecule has 1 aliphatic carbocycles. The minimum Gasteiger partial charge on any atom is -0.179 e. The van der Waals surface area contributed by atoms with Gasteiger partial charge >= 0.3 is 0 Å². The maximum absolute atomic E-state index is 4.38. The predicted molar refractivity (Wildman–Crippen MR) is 82.4 cm³/mol. The first-order chi connectivity index (χ1) is 7.94. The highest BCUT2D eigenvalue weighted by molar-refractivity contribution is 7.80. The van der Waals surface area contributed by atoms with Gasteiger partial charge < -0.3 is 0 Å². The van der Waals surface area contributed by atoms with E-state index in [0.717, 1.165) is 12.2 Å². The molecule has 17 heavy (non-hydrogen) atoms. The van der Waals surface area contributed by atoms with Crippen molar-refractivity contribution in [3.05, 3.63) is 27.5 Å². The molecule has 0 aromatic carbocycles. The quantitative estimate of drug-likeness (QED) is 0.749.